The van der Waals surface area contributed by atoms with E-state index in [2.05, 4.69) is 9.71 Å². The number of thiazole rings is 1. The second kappa shape index (κ2) is 7.92. The van der Waals surface area contributed by atoms with E-state index in [1.807, 2.05) is 0 Å². The molecule has 0 bridgehead atoms. The van der Waals surface area contributed by atoms with Crippen LogP contribution in [0.25, 0.3) is 10.2 Å². The van der Waals surface area contributed by atoms with Crippen molar-refractivity contribution in [1.82, 2.24) is 9.71 Å². The zero-order valence-electron chi connectivity index (χ0n) is 13.1. The Morgan fingerprint density at radius 2 is 2.08 bits per heavy atom. The molecule has 1 heterocycles. The number of rotatable bonds is 7. The Balaban J connectivity index is 1.78. The molecule has 1 atom stereocenters. The highest BCUT2D eigenvalue weighted by Gasteiger charge is 2.13. The average molecular weight is 378 g/mol. The molecular weight excluding hydrogens is 363 g/mol. The van der Waals surface area contributed by atoms with Crippen LogP contribution in [0.3, 0.4) is 0 Å². The van der Waals surface area contributed by atoms with E-state index in [0.29, 0.717) is 30.5 Å². The molecule has 0 saturated carbocycles. The molecule has 2 aromatic carbocycles. The van der Waals surface area contributed by atoms with Gasteiger partial charge in [0.05, 0.1) is 15.7 Å². The van der Waals surface area contributed by atoms with Gasteiger partial charge in [-0.2, -0.15) is 0 Å². The third-order valence-corrected chi connectivity index (χ3v) is 4.92. The van der Waals surface area contributed by atoms with Crippen molar-refractivity contribution in [2.75, 3.05) is 6.54 Å². The number of aryl methyl sites for hydroxylation is 1. The van der Waals surface area contributed by atoms with Gasteiger partial charge in [-0.3, -0.25) is 9.35 Å². The second-order valence-corrected chi connectivity index (χ2v) is 7.13. The second-order valence-electron chi connectivity index (χ2n) is 5.46. The smallest absolute Gasteiger partial charge is 0.231 e. The number of fused-ring (bicyclic) bond motifs is 1. The van der Waals surface area contributed by atoms with E-state index in [9.17, 15) is 13.4 Å². The predicted octanol–water partition coefficient (Wildman–Crippen LogP) is 3.33. The molecule has 2 N–H and O–H groups in total. The first kappa shape index (κ1) is 17.8. The summed E-state index contributed by atoms with van der Waals surface area (Å²) in [5.74, 6) is -0.718. The van der Waals surface area contributed by atoms with E-state index in [4.69, 9.17) is 4.55 Å². The van der Waals surface area contributed by atoms with Crippen LogP contribution in [0.4, 0.5) is 4.39 Å². The SMILES string of the molecule is O=C(c1cc(F)cc(CCCNS(=O)O)c1)c1ccc2ncsc2c1. The van der Waals surface area contributed by atoms with Crippen molar-refractivity contribution in [2.24, 2.45) is 0 Å². The number of hydrogen-bond donors (Lipinski definition) is 2. The third kappa shape index (κ3) is 4.55. The maximum atomic E-state index is 13.9. The van der Waals surface area contributed by atoms with E-state index in [1.54, 1.807) is 29.8 Å². The summed E-state index contributed by atoms with van der Waals surface area (Å²) in [5.41, 5.74) is 4.00. The Hall–Kier alpha value is -2.00. The highest BCUT2D eigenvalue weighted by molar-refractivity contribution is 7.77. The van der Waals surface area contributed by atoms with Crippen LogP contribution in [0, 0.1) is 5.82 Å². The minimum Gasteiger partial charge on any atom is -0.294 e. The van der Waals surface area contributed by atoms with Crippen molar-refractivity contribution in [2.45, 2.75) is 12.8 Å². The molecule has 0 spiro atoms. The van der Waals surface area contributed by atoms with Crippen LogP contribution >= 0.6 is 11.3 Å². The van der Waals surface area contributed by atoms with Gasteiger partial charge in [0.15, 0.2) is 5.78 Å². The van der Waals surface area contributed by atoms with Gasteiger partial charge in [0.25, 0.3) is 0 Å². The summed E-state index contributed by atoms with van der Waals surface area (Å²) in [5, 5.41) is 0. The summed E-state index contributed by atoms with van der Waals surface area (Å²) in [4.78, 5) is 16.8. The first-order chi connectivity index (χ1) is 12.0. The van der Waals surface area contributed by atoms with Crippen molar-refractivity contribution in [3.05, 3.63) is 64.4 Å². The lowest BCUT2D eigenvalue weighted by Crippen LogP contribution is -2.17. The zero-order chi connectivity index (χ0) is 17.8. The number of aromatic nitrogens is 1. The molecule has 0 saturated heterocycles. The number of benzene rings is 2. The van der Waals surface area contributed by atoms with Crippen molar-refractivity contribution in [1.29, 1.82) is 0 Å². The highest BCUT2D eigenvalue weighted by atomic mass is 32.2. The van der Waals surface area contributed by atoms with Crippen molar-refractivity contribution >= 4 is 38.6 Å². The van der Waals surface area contributed by atoms with Crippen molar-refractivity contribution in [3.63, 3.8) is 0 Å². The van der Waals surface area contributed by atoms with Gasteiger partial charge in [-0.25, -0.2) is 18.3 Å². The average Bonchev–Trinajstić information content (AvgIpc) is 3.05. The predicted molar refractivity (Wildman–Crippen MR) is 96.5 cm³/mol. The quantitative estimate of drug-likeness (QED) is 0.375. The summed E-state index contributed by atoms with van der Waals surface area (Å²) in [6.07, 6.45) is 1.05. The fraction of sp³-hybridized carbons (Fsp3) is 0.176. The molecule has 0 aliphatic heterocycles. The summed E-state index contributed by atoms with van der Waals surface area (Å²) in [7, 11) is 0. The molecule has 5 nitrogen and oxygen atoms in total. The Morgan fingerprint density at radius 1 is 1.24 bits per heavy atom. The fourth-order valence-corrected chi connectivity index (χ4v) is 3.58. The van der Waals surface area contributed by atoms with Crippen LogP contribution in [-0.4, -0.2) is 26.1 Å². The Morgan fingerprint density at radius 3 is 2.88 bits per heavy atom. The molecule has 8 heteroatoms. The molecule has 3 aromatic rings. The zero-order valence-corrected chi connectivity index (χ0v) is 14.7. The standard InChI is InChI=1S/C17H15FN2O3S2/c18-14-7-11(2-1-5-20-25(22)23)6-13(8-14)17(21)12-3-4-15-16(9-12)24-10-19-15/h3-4,6-10,20H,1-2,5H2,(H,22,23). The number of hydrogen-bond acceptors (Lipinski definition) is 4. The Kier molecular flexibility index (Phi) is 5.64. The number of carbonyl (C=O) groups is 1. The molecule has 0 amide bonds. The van der Waals surface area contributed by atoms with Crippen LogP contribution in [0.15, 0.2) is 41.9 Å². The van der Waals surface area contributed by atoms with Crippen LogP contribution in [0.1, 0.15) is 27.9 Å². The number of nitrogens with one attached hydrogen (secondary N) is 1. The summed E-state index contributed by atoms with van der Waals surface area (Å²) < 4.78 is 36.3. The lowest BCUT2D eigenvalue weighted by atomic mass is 9.99. The molecule has 25 heavy (non-hydrogen) atoms. The van der Waals surface area contributed by atoms with Crippen LogP contribution in [0.2, 0.25) is 0 Å². The van der Waals surface area contributed by atoms with Gasteiger partial charge < -0.3 is 0 Å². The summed E-state index contributed by atoms with van der Waals surface area (Å²) >= 11 is -0.608. The molecule has 3 rings (SSSR count). The molecule has 0 radical (unpaired) electrons. The maximum Gasteiger partial charge on any atom is 0.231 e. The van der Waals surface area contributed by atoms with E-state index in [0.717, 1.165) is 10.2 Å². The Labute approximate surface area is 150 Å². The van der Waals surface area contributed by atoms with E-state index in [-0.39, 0.29) is 11.3 Å². The lowest BCUT2D eigenvalue weighted by molar-refractivity contribution is 0.103. The van der Waals surface area contributed by atoms with Gasteiger partial charge in [-0.1, -0.05) is 0 Å². The molecule has 1 aromatic heterocycles. The molecule has 0 aliphatic carbocycles. The van der Waals surface area contributed by atoms with Gasteiger partial charge in [0, 0.05) is 17.7 Å². The lowest BCUT2D eigenvalue weighted by Gasteiger charge is -2.06. The number of halogens is 1. The van der Waals surface area contributed by atoms with Gasteiger partial charge >= 0.3 is 0 Å². The molecule has 130 valence electrons. The van der Waals surface area contributed by atoms with E-state index < -0.39 is 17.1 Å². The van der Waals surface area contributed by atoms with E-state index >= 15 is 0 Å². The molecular formula is C17H15FN2O3S2. The fourth-order valence-electron chi connectivity index (χ4n) is 2.54. The summed E-state index contributed by atoms with van der Waals surface area (Å²) in [6.45, 7) is 0.324. The highest BCUT2D eigenvalue weighted by Crippen LogP contribution is 2.22. The molecule has 0 aliphatic rings. The van der Waals surface area contributed by atoms with E-state index in [1.165, 1.54) is 23.5 Å². The van der Waals surface area contributed by atoms with Gasteiger partial charge in [-0.15, -0.1) is 11.3 Å². The van der Waals surface area contributed by atoms with Crippen LogP contribution < -0.4 is 4.72 Å². The van der Waals surface area contributed by atoms with Gasteiger partial charge in [0.2, 0.25) is 11.3 Å². The Bertz CT molecular complexity index is 943. The van der Waals surface area contributed by atoms with Gasteiger partial charge in [-0.05, 0) is 54.8 Å². The molecule has 0 fully saturated rings. The first-order valence-corrected chi connectivity index (χ1v) is 9.53. The monoisotopic (exact) mass is 378 g/mol. The minimum atomic E-state index is -2.06. The van der Waals surface area contributed by atoms with Crippen LogP contribution in [0.5, 0.6) is 0 Å². The van der Waals surface area contributed by atoms with Crippen molar-refractivity contribution < 1.29 is 17.9 Å². The van der Waals surface area contributed by atoms with Gasteiger partial charge in [0.1, 0.15) is 5.82 Å². The normalized spacial score (nSPS) is 12.4. The largest absolute Gasteiger partial charge is 0.294 e. The topological polar surface area (TPSA) is 79.3 Å². The van der Waals surface area contributed by atoms with Crippen molar-refractivity contribution in [3.8, 4) is 0 Å². The maximum absolute atomic E-state index is 13.9. The first-order valence-electron chi connectivity index (χ1n) is 7.55. The number of ketones is 1. The molecule has 1 unspecified atom stereocenters. The van der Waals surface area contributed by atoms with Crippen LogP contribution in [-0.2, 0) is 17.7 Å². The number of nitrogens with zero attached hydrogens (tertiary/aromatic N) is 1. The number of carbonyl (C=O) groups excluding carboxylic acids is 1. The summed E-state index contributed by atoms with van der Waals surface area (Å²) in [6, 6.07) is 9.50. The minimum absolute atomic E-state index is 0.245. The third-order valence-electron chi connectivity index (χ3n) is 3.68.